The van der Waals surface area contributed by atoms with E-state index in [4.69, 9.17) is 5.26 Å². The summed E-state index contributed by atoms with van der Waals surface area (Å²) in [6.07, 6.45) is 3.36. The molecule has 0 saturated heterocycles. The maximum atomic E-state index is 8.66. The van der Waals surface area contributed by atoms with Gasteiger partial charge in [0.2, 0.25) is 0 Å². The van der Waals surface area contributed by atoms with Gasteiger partial charge >= 0.3 is 0 Å². The Bertz CT molecular complexity index is 738. The number of fused-ring (bicyclic) bond motifs is 1. The normalized spacial score (nSPS) is 10.4. The summed E-state index contributed by atoms with van der Waals surface area (Å²) in [5.41, 5.74) is 2.00. The Morgan fingerprint density at radius 3 is 2.94 bits per heavy atom. The van der Waals surface area contributed by atoms with Gasteiger partial charge in [0.1, 0.15) is 12.4 Å². The predicted molar refractivity (Wildman–Crippen MR) is 65.6 cm³/mol. The van der Waals surface area contributed by atoms with E-state index in [0.29, 0.717) is 6.54 Å². The maximum absolute atomic E-state index is 8.66. The van der Waals surface area contributed by atoms with Crippen LogP contribution < -0.4 is 0 Å². The second kappa shape index (κ2) is 4.26. The third-order valence-electron chi connectivity index (χ3n) is 2.63. The van der Waals surface area contributed by atoms with Crippen molar-refractivity contribution in [1.82, 2.24) is 19.7 Å². The summed E-state index contributed by atoms with van der Waals surface area (Å²) in [5.74, 6) is 0.184. The van der Waals surface area contributed by atoms with Crippen LogP contribution in [0.1, 0.15) is 11.4 Å². The Balaban J connectivity index is 1.93. The van der Waals surface area contributed by atoms with Crippen LogP contribution in [0.25, 0.3) is 10.9 Å². The van der Waals surface area contributed by atoms with Crippen molar-refractivity contribution >= 4 is 10.9 Å². The molecule has 0 saturated carbocycles. The minimum atomic E-state index is 0.184. The zero-order valence-electron chi connectivity index (χ0n) is 9.48. The number of pyridine rings is 1. The van der Waals surface area contributed by atoms with Gasteiger partial charge in [0.15, 0.2) is 0 Å². The molecule has 0 bridgehead atoms. The minimum absolute atomic E-state index is 0.184. The maximum Gasteiger partial charge on any atom is 0.252 e. The summed E-state index contributed by atoms with van der Waals surface area (Å²) >= 11 is 0. The van der Waals surface area contributed by atoms with Gasteiger partial charge in [-0.3, -0.25) is 4.98 Å². The van der Waals surface area contributed by atoms with Crippen molar-refractivity contribution in [2.75, 3.05) is 0 Å². The number of hydrogen-bond donors (Lipinski definition) is 0. The van der Waals surface area contributed by atoms with Gasteiger partial charge in [-0.15, -0.1) is 5.10 Å². The highest BCUT2D eigenvalue weighted by Gasteiger charge is 2.02. The molecule has 2 aromatic heterocycles. The topological polar surface area (TPSA) is 67.4 Å². The van der Waals surface area contributed by atoms with E-state index in [2.05, 4.69) is 21.1 Å². The minimum Gasteiger partial charge on any atom is -0.256 e. The molecule has 0 aliphatic carbocycles. The Morgan fingerprint density at radius 2 is 2.11 bits per heavy atom. The average Bonchev–Trinajstić information content (AvgIpc) is 2.86. The third kappa shape index (κ3) is 1.92. The van der Waals surface area contributed by atoms with E-state index in [1.807, 2.05) is 36.5 Å². The number of benzene rings is 1. The molecule has 5 nitrogen and oxygen atoms in total. The molecule has 0 spiro atoms. The summed E-state index contributed by atoms with van der Waals surface area (Å²) < 4.78 is 1.63. The molecular weight excluding hydrogens is 226 g/mol. The van der Waals surface area contributed by atoms with Gasteiger partial charge in [0.25, 0.3) is 5.82 Å². The Labute approximate surface area is 103 Å². The molecule has 0 unspecified atom stereocenters. The first-order valence-corrected chi connectivity index (χ1v) is 5.48. The van der Waals surface area contributed by atoms with Gasteiger partial charge in [0.05, 0.1) is 12.1 Å². The van der Waals surface area contributed by atoms with Gasteiger partial charge < -0.3 is 0 Å². The van der Waals surface area contributed by atoms with E-state index in [9.17, 15) is 0 Å². The van der Waals surface area contributed by atoms with Crippen molar-refractivity contribution in [3.05, 3.63) is 54.2 Å². The van der Waals surface area contributed by atoms with Crippen LogP contribution in [0.4, 0.5) is 0 Å². The highest BCUT2D eigenvalue weighted by Crippen LogP contribution is 2.13. The fraction of sp³-hybridized carbons (Fsp3) is 0.0769. The van der Waals surface area contributed by atoms with Crippen LogP contribution in [0.15, 0.2) is 42.9 Å². The lowest BCUT2D eigenvalue weighted by Crippen LogP contribution is -2.01. The molecule has 2 heterocycles. The van der Waals surface area contributed by atoms with Gasteiger partial charge in [-0.05, 0) is 17.7 Å². The molecule has 0 radical (unpaired) electrons. The van der Waals surface area contributed by atoms with Crippen LogP contribution in [0, 0.1) is 11.3 Å². The summed E-state index contributed by atoms with van der Waals surface area (Å²) in [6.45, 7) is 0.562. The monoisotopic (exact) mass is 235 g/mol. The first kappa shape index (κ1) is 10.4. The zero-order valence-corrected chi connectivity index (χ0v) is 9.48. The van der Waals surface area contributed by atoms with E-state index in [1.165, 1.54) is 0 Å². The molecule has 5 heteroatoms. The van der Waals surface area contributed by atoms with Crippen LogP contribution in [0.2, 0.25) is 0 Å². The lowest BCUT2D eigenvalue weighted by molar-refractivity contribution is 0.681. The van der Waals surface area contributed by atoms with Gasteiger partial charge in [-0.2, -0.15) is 5.26 Å². The first-order chi connectivity index (χ1) is 8.85. The second-order valence-electron chi connectivity index (χ2n) is 3.91. The third-order valence-corrected chi connectivity index (χ3v) is 2.63. The van der Waals surface area contributed by atoms with Gasteiger partial charge in [0, 0.05) is 11.6 Å². The molecule has 3 rings (SSSR count). The van der Waals surface area contributed by atoms with E-state index in [1.54, 1.807) is 11.0 Å². The number of para-hydroxylation sites is 1. The number of hydrogen-bond acceptors (Lipinski definition) is 4. The van der Waals surface area contributed by atoms with E-state index in [-0.39, 0.29) is 5.82 Å². The van der Waals surface area contributed by atoms with E-state index < -0.39 is 0 Å². The Morgan fingerprint density at radius 1 is 1.22 bits per heavy atom. The van der Waals surface area contributed by atoms with Crippen molar-refractivity contribution in [2.45, 2.75) is 6.54 Å². The fourth-order valence-corrected chi connectivity index (χ4v) is 1.81. The number of aromatic nitrogens is 4. The number of rotatable bonds is 2. The molecule has 0 aliphatic rings. The first-order valence-electron chi connectivity index (χ1n) is 5.48. The van der Waals surface area contributed by atoms with Crippen LogP contribution in [-0.4, -0.2) is 19.7 Å². The van der Waals surface area contributed by atoms with Crippen LogP contribution in [0.5, 0.6) is 0 Å². The quantitative estimate of drug-likeness (QED) is 0.678. The SMILES string of the molecule is N#Cc1ncn(Cc2cnc3ccccc3c2)n1. The van der Waals surface area contributed by atoms with E-state index >= 15 is 0 Å². The standard InChI is InChI=1S/C13H9N5/c14-6-13-16-9-18(17-13)8-10-5-11-3-1-2-4-12(11)15-7-10/h1-5,7,9H,8H2. The van der Waals surface area contributed by atoms with Crippen molar-refractivity contribution in [3.8, 4) is 6.07 Å². The van der Waals surface area contributed by atoms with Crippen molar-refractivity contribution < 1.29 is 0 Å². The smallest absolute Gasteiger partial charge is 0.252 e. The molecule has 0 amide bonds. The molecule has 86 valence electrons. The van der Waals surface area contributed by atoms with Gasteiger partial charge in [-0.1, -0.05) is 18.2 Å². The lowest BCUT2D eigenvalue weighted by atomic mass is 10.1. The Hall–Kier alpha value is -2.74. The summed E-state index contributed by atoms with van der Waals surface area (Å²) in [5, 5.41) is 13.8. The lowest BCUT2D eigenvalue weighted by Gasteiger charge is -2.02. The van der Waals surface area contributed by atoms with Crippen LogP contribution >= 0.6 is 0 Å². The van der Waals surface area contributed by atoms with Crippen LogP contribution in [-0.2, 0) is 6.54 Å². The van der Waals surface area contributed by atoms with Gasteiger partial charge in [-0.25, -0.2) is 9.67 Å². The summed E-state index contributed by atoms with van der Waals surface area (Å²) in [7, 11) is 0. The molecule has 0 fully saturated rings. The summed E-state index contributed by atoms with van der Waals surface area (Å²) in [6, 6.07) is 11.9. The molecular formula is C13H9N5. The molecule has 0 N–H and O–H groups in total. The highest BCUT2D eigenvalue weighted by molar-refractivity contribution is 5.78. The Kier molecular flexibility index (Phi) is 2.47. The largest absolute Gasteiger partial charge is 0.256 e. The van der Waals surface area contributed by atoms with Crippen molar-refractivity contribution in [2.24, 2.45) is 0 Å². The molecule has 0 atom stereocenters. The molecule has 1 aromatic carbocycles. The summed E-state index contributed by atoms with van der Waals surface area (Å²) in [4.78, 5) is 8.24. The molecule has 3 aromatic rings. The highest BCUT2D eigenvalue weighted by atomic mass is 15.3. The van der Waals surface area contributed by atoms with E-state index in [0.717, 1.165) is 16.5 Å². The van der Waals surface area contributed by atoms with Crippen molar-refractivity contribution in [1.29, 1.82) is 5.26 Å². The van der Waals surface area contributed by atoms with Crippen molar-refractivity contribution in [3.63, 3.8) is 0 Å². The van der Waals surface area contributed by atoms with Crippen LogP contribution in [0.3, 0.4) is 0 Å². The molecule has 0 aliphatic heterocycles. The predicted octanol–water partition coefficient (Wildman–Crippen LogP) is 1.75. The zero-order chi connectivity index (χ0) is 12.4. The fourth-order valence-electron chi connectivity index (χ4n) is 1.81. The number of nitriles is 1. The second-order valence-corrected chi connectivity index (χ2v) is 3.91. The average molecular weight is 235 g/mol. The number of nitrogens with zero attached hydrogens (tertiary/aromatic N) is 5. The molecule has 18 heavy (non-hydrogen) atoms.